The van der Waals surface area contributed by atoms with Crippen LogP contribution < -0.4 is 5.32 Å². The number of aryl methyl sites for hydroxylation is 1. The molecule has 0 bridgehead atoms. The first-order valence-corrected chi connectivity index (χ1v) is 11.8. The molecule has 37 heavy (non-hydrogen) atoms. The minimum absolute atomic E-state index is 0.141. The van der Waals surface area contributed by atoms with Gasteiger partial charge in [-0.15, -0.1) is 0 Å². The van der Waals surface area contributed by atoms with E-state index < -0.39 is 0 Å². The zero-order chi connectivity index (χ0) is 25.5. The van der Waals surface area contributed by atoms with Crippen molar-refractivity contribution in [3.8, 4) is 17.7 Å². The lowest BCUT2D eigenvalue weighted by molar-refractivity contribution is 0.00672. The fraction of sp³-hybridized carbons (Fsp3) is 0.185. The quantitative estimate of drug-likeness (QED) is 0.351. The van der Waals surface area contributed by atoms with E-state index in [4.69, 9.17) is 9.72 Å². The molecule has 0 unspecified atom stereocenters. The third-order valence-electron chi connectivity index (χ3n) is 6.37. The predicted octanol–water partition coefficient (Wildman–Crippen LogP) is 4.24. The van der Waals surface area contributed by atoms with Crippen LogP contribution in [0.1, 0.15) is 40.3 Å². The highest BCUT2D eigenvalue weighted by molar-refractivity contribution is 5.97. The number of hydrogen-bond donors (Lipinski definition) is 1. The number of ketones is 1. The van der Waals surface area contributed by atoms with Crippen LogP contribution in [0, 0.1) is 18.3 Å². The molecule has 10 heteroatoms. The van der Waals surface area contributed by atoms with Crippen LogP contribution in [0.3, 0.4) is 0 Å². The van der Waals surface area contributed by atoms with Crippen LogP contribution in [0.5, 0.6) is 0 Å². The van der Waals surface area contributed by atoms with E-state index in [1.54, 1.807) is 24.5 Å². The zero-order valence-corrected chi connectivity index (χ0v) is 20.2. The van der Waals surface area contributed by atoms with Gasteiger partial charge in [0, 0.05) is 23.0 Å². The minimum Gasteiger partial charge on any atom is -0.380 e. The first-order valence-electron chi connectivity index (χ1n) is 11.8. The Hall–Kier alpha value is -4.88. The molecule has 1 N–H and O–H groups in total. The minimum atomic E-state index is -0.141. The van der Waals surface area contributed by atoms with Gasteiger partial charge in [-0.2, -0.15) is 10.4 Å². The molecule has 0 aliphatic carbocycles. The van der Waals surface area contributed by atoms with E-state index >= 15 is 0 Å². The fourth-order valence-corrected chi connectivity index (χ4v) is 4.32. The zero-order valence-electron chi connectivity index (χ0n) is 20.2. The lowest BCUT2D eigenvalue weighted by Gasteiger charge is -2.25. The van der Waals surface area contributed by atoms with Gasteiger partial charge in [0.1, 0.15) is 18.2 Å². The Morgan fingerprint density at radius 3 is 2.62 bits per heavy atom. The van der Waals surface area contributed by atoms with E-state index in [-0.39, 0.29) is 11.5 Å². The number of benzene rings is 1. The summed E-state index contributed by atoms with van der Waals surface area (Å²) >= 11 is 0. The Labute approximate surface area is 212 Å². The number of nitrogens with zero attached hydrogens (tertiary/aromatic N) is 7. The first-order chi connectivity index (χ1) is 18.0. The molecule has 0 atom stereocenters. The summed E-state index contributed by atoms with van der Waals surface area (Å²) in [5, 5.41) is 16.9. The van der Waals surface area contributed by atoms with Gasteiger partial charge in [0.2, 0.25) is 0 Å². The number of carbonyl (C=O) groups excluding carboxylic acids is 1. The van der Waals surface area contributed by atoms with E-state index in [2.05, 4.69) is 20.4 Å². The largest absolute Gasteiger partial charge is 0.380 e. The fourth-order valence-electron chi connectivity index (χ4n) is 4.32. The number of carbonyl (C=O) groups is 1. The Kier molecular flexibility index (Phi) is 5.47. The monoisotopic (exact) mass is 490 g/mol. The maximum atomic E-state index is 12.3. The normalized spacial score (nSPS) is 13.3. The van der Waals surface area contributed by atoms with Crippen LogP contribution in [-0.2, 0) is 4.74 Å². The standard InChI is InChI=1S/C27H22N8O2/c1-16-9-21(11-28)33-35(16)27-22(17(2)36)5-8-26(32-27)34-15-30-24-10-19(4-7-25(24)34)31-20-3-6-23(29-12-20)18-13-37-14-18/h3-10,12,15,18,31H,13-14H2,1-2H3. The van der Waals surface area contributed by atoms with Crippen molar-refractivity contribution in [3.05, 3.63) is 83.7 Å². The predicted molar refractivity (Wildman–Crippen MR) is 137 cm³/mol. The molecular formula is C27H22N8O2. The Balaban J connectivity index is 1.32. The Morgan fingerprint density at radius 2 is 1.95 bits per heavy atom. The molecule has 0 spiro atoms. The summed E-state index contributed by atoms with van der Waals surface area (Å²) in [5.74, 6) is 1.20. The smallest absolute Gasteiger partial charge is 0.166 e. The van der Waals surface area contributed by atoms with Gasteiger partial charge in [-0.05, 0) is 62.4 Å². The van der Waals surface area contributed by atoms with E-state index in [0.29, 0.717) is 28.8 Å². The van der Waals surface area contributed by atoms with Crippen molar-refractivity contribution in [1.82, 2.24) is 29.3 Å². The second-order valence-corrected chi connectivity index (χ2v) is 8.94. The van der Waals surface area contributed by atoms with E-state index in [0.717, 1.165) is 41.3 Å². The lowest BCUT2D eigenvalue weighted by atomic mass is 10.0. The maximum Gasteiger partial charge on any atom is 0.166 e. The third-order valence-corrected chi connectivity index (χ3v) is 6.37. The van der Waals surface area contributed by atoms with Crippen LogP contribution >= 0.6 is 0 Å². The second-order valence-electron chi connectivity index (χ2n) is 8.94. The summed E-state index contributed by atoms with van der Waals surface area (Å²) in [6.45, 7) is 4.76. The molecular weight excluding hydrogens is 468 g/mol. The van der Waals surface area contributed by atoms with Gasteiger partial charge in [-0.25, -0.2) is 14.6 Å². The van der Waals surface area contributed by atoms with Crippen molar-refractivity contribution in [1.29, 1.82) is 5.26 Å². The highest BCUT2D eigenvalue weighted by atomic mass is 16.5. The van der Waals surface area contributed by atoms with Crippen molar-refractivity contribution in [3.63, 3.8) is 0 Å². The van der Waals surface area contributed by atoms with Gasteiger partial charge in [-0.3, -0.25) is 14.3 Å². The van der Waals surface area contributed by atoms with Crippen LogP contribution in [0.15, 0.2) is 61.1 Å². The molecule has 5 heterocycles. The molecule has 10 nitrogen and oxygen atoms in total. The average molecular weight is 491 g/mol. The van der Waals surface area contributed by atoms with Gasteiger partial charge < -0.3 is 10.1 Å². The van der Waals surface area contributed by atoms with Crippen molar-refractivity contribution < 1.29 is 9.53 Å². The highest BCUT2D eigenvalue weighted by Crippen LogP contribution is 2.27. The second kappa shape index (κ2) is 8.96. The molecule has 0 saturated carbocycles. The summed E-state index contributed by atoms with van der Waals surface area (Å²) in [4.78, 5) is 26.2. The third kappa shape index (κ3) is 4.11. The van der Waals surface area contributed by atoms with E-state index in [9.17, 15) is 10.1 Å². The van der Waals surface area contributed by atoms with Crippen LogP contribution in [-0.4, -0.2) is 48.3 Å². The van der Waals surface area contributed by atoms with Gasteiger partial charge in [0.15, 0.2) is 17.3 Å². The summed E-state index contributed by atoms with van der Waals surface area (Å²) in [6, 6.07) is 17.1. The van der Waals surface area contributed by atoms with Gasteiger partial charge in [-0.1, -0.05) is 0 Å². The van der Waals surface area contributed by atoms with Crippen molar-refractivity contribution in [2.45, 2.75) is 19.8 Å². The first kappa shape index (κ1) is 22.6. The number of aromatic nitrogens is 6. The number of fused-ring (bicyclic) bond motifs is 1. The molecule has 1 fully saturated rings. The highest BCUT2D eigenvalue weighted by Gasteiger charge is 2.21. The number of Topliss-reactive ketones (excluding diaryl/α,β-unsaturated/α-hetero) is 1. The molecule has 5 aromatic rings. The topological polar surface area (TPSA) is 124 Å². The molecule has 0 radical (unpaired) electrons. The number of pyridine rings is 2. The van der Waals surface area contributed by atoms with Gasteiger partial charge >= 0.3 is 0 Å². The van der Waals surface area contributed by atoms with Crippen LogP contribution in [0.2, 0.25) is 0 Å². The van der Waals surface area contributed by atoms with Crippen molar-refractivity contribution >= 4 is 28.2 Å². The average Bonchev–Trinajstić information content (AvgIpc) is 3.46. The number of ether oxygens (including phenoxy) is 1. The number of rotatable bonds is 6. The maximum absolute atomic E-state index is 12.3. The number of hydrogen-bond acceptors (Lipinski definition) is 8. The van der Waals surface area contributed by atoms with Crippen molar-refractivity contribution in [2.75, 3.05) is 18.5 Å². The molecule has 4 aromatic heterocycles. The Morgan fingerprint density at radius 1 is 1.11 bits per heavy atom. The summed E-state index contributed by atoms with van der Waals surface area (Å²) < 4.78 is 8.63. The molecule has 182 valence electrons. The number of imidazole rings is 1. The summed E-state index contributed by atoms with van der Waals surface area (Å²) in [5.41, 5.74) is 5.83. The van der Waals surface area contributed by atoms with E-state index in [1.165, 1.54) is 11.6 Å². The van der Waals surface area contributed by atoms with Gasteiger partial charge in [0.05, 0.1) is 41.7 Å². The van der Waals surface area contributed by atoms with Gasteiger partial charge in [0.25, 0.3) is 0 Å². The van der Waals surface area contributed by atoms with E-state index in [1.807, 2.05) is 54.1 Å². The number of nitriles is 1. The Bertz CT molecular complexity index is 1690. The molecule has 0 amide bonds. The summed E-state index contributed by atoms with van der Waals surface area (Å²) in [6.07, 6.45) is 3.52. The lowest BCUT2D eigenvalue weighted by Crippen LogP contribution is -2.25. The van der Waals surface area contributed by atoms with Crippen molar-refractivity contribution in [2.24, 2.45) is 0 Å². The van der Waals surface area contributed by atoms with Crippen LogP contribution in [0.4, 0.5) is 11.4 Å². The number of anilines is 2. The summed E-state index contributed by atoms with van der Waals surface area (Å²) in [7, 11) is 0. The molecule has 1 aliphatic heterocycles. The molecule has 1 saturated heterocycles. The van der Waals surface area contributed by atoms with Crippen LogP contribution in [0.25, 0.3) is 22.7 Å². The molecule has 1 aromatic carbocycles. The molecule has 6 rings (SSSR count). The molecule has 1 aliphatic rings. The SMILES string of the molecule is CC(=O)c1ccc(-n2cnc3cc(Nc4ccc(C5COC5)nc4)ccc32)nc1-n1nc(C#N)cc1C. The number of nitrogens with one attached hydrogen (secondary N) is 1.